The van der Waals surface area contributed by atoms with Gasteiger partial charge >= 0.3 is 6.03 Å². The molecular weight excluding hydrogens is 417 g/mol. The molecule has 3 atom stereocenters. The van der Waals surface area contributed by atoms with Crippen LogP contribution in [-0.2, 0) is 20.9 Å². The Morgan fingerprint density at radius 3 is 2.53 bits per heavy atom. The Kier molecular flexibility index (Phi) is 8.03. The van der Waals surface area contributed by atoms with Crippen LogP contribution in [0.3, 0.4) is 0 Å². The number of amides is 4. The van der Waals surface area contributed by atoms with Crippen LogP contribution in [0.5, 0.6) is 0 Å². The van der Waals surface area contributed by atoms with E-state index in [1.165, 1.54) is 19.2 Å². The fraction of sp³-hybridized carbons (Fsp3) is 0.591. The maximum atomic E-state index is 13.3. The first-order chi connectivity index (χ1) is 15.2. The summed E-state index contributed by atoms with van der Waals surface area (Å²) in [6.07, 6.45) is 0.621. The molecule has 0 unspecified atom stereocenters. The predicted molar refractivity (Wildman–Crippen MR) is 116 cm³/mol. The number of nitrogens with zero attached hydrogens (tertiary/aromatic N) is 2. The van der Waals surface area contributed by atoms with E-state index in [-0.39, 0.29) is 48.4 Å². The van der Waals surface area contributed by atoms with E-state index in [0.717, 1.165) is 5.56 Å². The van der Waals surface area contributed by atoms with E-state index >= 15 is 0 Å². The number of fused-ring (bicyclic) bond motifs is 1. The number of halogens is 1. The molecule has 2 fully saturated rings. The van der Waals surface area contributed by atoms with Crippen molar-refractivity contribution in [2.24, 2.45) is 0 Å². The third-order valence-corrected chi connectivity index (χ3v) is 5.59. The summed E-state index contributed by atoms with van der Waals surface area (Å²) in [6, 6.07) is 4.99. The van der Waals surface area contributed by atoms with Crippen molar-refractivity contribution < 1.29 is 23.5 Å². The van der Waals surface area contributed by atoms with Crippen molar-refractivity contribution in [3.8, 4) is 0 Å². The molecule has 3 rings (SSSR count). The number of benzene rings is 1. The zero-order valence-corrected chi connectivity index (χ0v) is 18.8. The molecular formula is C22H32FN5O4. The number of methoxy groups -OCH3 is 1. The van der Waals surface area contributed by atoms with Crippen molar-refractivity contribution in [3.05, 3.63) is 35.6 Å². The number of hydrogen-bond acceptors (Lipinski definition) is 5. The molecule has 2 aliphatic rings. The van der Waals surface area contributed by atoms with Gasteiger partial charge in [-0.1, -0.05) is 12.1 Å². The van der Waals surface area contributed by atoms with E-state index in [2.05, 4.69) is 20.9 Å². The molecule has 0 saturated carbocycles. The van der Waals surface area contributed by atoms with Gasteiger partial charge in [-0.2, -0.15) is 0 Å². The van der Waals surface area contributed by atoms with Crippen LogP contribution in [-0.4, -0.2) is 85.2 Å². The van der Waals surface area contributed by atoms with Gasteiger partial charge in [0.25, 0.3) is 0 Å². The van der Waals surface area contributed by atoms with E-state index in [1.54, 1.807) is 17.0 Å². The van der Waals surface area contributed by atoms with Crippen LogP contribution >= 0.6 is 0 Å². The van der Waals surface area contributed by atoms with Gasteiger partial charge in [-0.3, -0.25) is 14.5 Å². The zero-order chi connectivity index (χ0) is 23.3. The van der Waals surface area contributed by atoms with E-state index in [4.69, 9.17) is 4.74 Å². The standard InChI is InChI=1S/C22H32FN5O4/c1-14(2)24-22(31)25-17-8-18-11-27(9-15-4-6-16(23)7-5-15)12-19(21(30)28(18)10-17)26-20(29)13-32-3/h4-7,14,17-19H,8-13H2,1-3H3,(H,26,29)(H2,24,25,31)/t17-,18-,19-/m0/s1. The molecule has 0 aliphatic carbocycles. The minimum atomic E-state index is -0.730. The Morgan fingerprint density at radius 1 is 1.16 bits per heavy atom. The van der Waals surface area contributed by atoms with Gasteiger partial charge in [-0.05, 0) is 38.0 Å². The van der Waals surface area contributed by atoms with E-state index in [1.807, 2.05) is 13.8 Å². The Labute approximate surface area is 187 Å². The molecule has 0 radical (unpaired) electrons. The summed E-state index contributed by atoms with van der Waals surface area (Å²) in [6.45, 7) is 5.45. The average molecular weight is 450 g/mol. The van der Waals surface area contributed by atoms with Crippen molar-refractivity contribution in [2.75, 3.05) is 33.4 Å². The maximum Gasteiger partial charge on any atom is 0.315 e. The van der Waals surface area contributed by atoms with Crippen molar-refractivity contribution in [1.29, 1.82) is 0 Å². The lowest BCUT2D eigenvalue weighted by Crippen LogP contribution is -2.52. The summed E-state index contributed by atoms with van der Waals surface area (Å²) in [5, 5.41) is 8.52. The molecule has 176 valence electrons. The topological polar surface area (TPSA) is 103 Å². The van der Waals surface area contributed by atoms with Crippen LogP contribution in [0.15, 0.2) is 24.3 Å². The summed E-state index contributed by atoms with van der Waals surface area (Å²) in [5.74, 6) is -0.842. The number of rotatable bonds is 7. The molecule has 32 heavy (non-hydrogen) atoms. The molecule has 10 heteroatoms. The van der Waals surface area contributed by atoms with Crippen LogP contribution in [0.4, 0.5) is 9.18 Å². The maximum absolute atomic E-state index is 13.3. The summed E-state index contributed by atoms with van der Waals surface area (Å²) in [7, 11) is 1.42. The highest BCUT2D eigenvalue weighted by atomic mass is 19.1. The highest BCUT2D eigenvalue weighted by Gasteiger charge is 2.42. The number of carbonyl (C=O) groups is 3. The summed E-state index contributed by atoms with van der Waals surface area (Å²) < 4.78 is 18.2. The largest absolute Gasteiger partial charge is 0.375 e. The van der Waals surface area contributed by atoms with Gasteiger partial charge in [0.1, 0.15) is 18.5 Å². The fourth-order valence-corrected chi connectivity index (χ4v) is 4.31. The van der Waals surface area contributed by atoms with Crippen LogP contribution in [0.1, 0.15) is 25.8 Å². The minimum absolute atomic E-state index is 0.00963. The Morgan fingerprint density at radius 2 is 1.88 bits per heavy atom. The zero-order valence-electron chi connectivity index (χ0n) is 18.8. The van der Waals surface area contributed by atoms with Gasteiger partial charge < -0.3 is 25.6 Å². The summed E-state index contributed by atoms with van der Waals surface area (Å²) >= 11 is 0. The number of hydrogen-bond donors (Lipinski definition) is 3. The molecule has 2 aliphatic heterocycles. The second kappa shape index (κ2) is 10.7. The third-order valence-electron chi connectivity index (χ3n) is 5.59. The predicted octanol–water partition coefficient (Wildman–Crippen LogP) is 0.450. The first-order valence-corrected chi connectivity index (χ1v) is 10.9. The molecule has 4 amide bonds. The SMILES string of the molecule is COCC(=O)N[C@H]1CN(Cc2ccc(F)cc2)C[C@@H]2C[C@H](NC(=O)NC(C)C)CN2C1=O. The lowest BCUT2D eigenvalue weighted by Gasteiger charge is -2.25. The Hall–Kier alpha value is -2.72. The average Bonchev–Trinajstić information content (AvgIpc) is 3.05. The lowest BCUT2D eigenvalue weighted by atomic mass is 10.1. The first-order valence-electron chi connectivity index (χ1n) is 10.9. The summed E-state index contributed by atoms with van der Waals surface area (Å²) in [5.41, 5.74) is 0.915. The second-order valence-corrected chi connectivity index (χ2v) is 8.72. The van der Waals surface area contributed by atoms with Gasteiger partial charge in [-0.15, -0.1) is 0 Å². The van der Waals surface area contributed by atoms with Crippen LogP contribution in [0, 0.1) is 5.82 Å². The second-order valence-electron chi connectivity index (χ2n) is 8.72. The normalized spacial score (nSPS) is 23.6. The highest BCUT2D eigenvalue weighted by molar-refractivity contribution is 5.89. The lowest BCUT2D eigenvalue weighted by molar-refractivity contribution is -0.137. The number of nitrogens with one attached hydrogen (secondary N) is 3. The molecule has 0 bridgehead atoms. The van der Waals surface area contributed by atoms with Gasteiger partial charge in [0.15, 0.2) is 0 Å². The molecule has 2 heterocycles. The molecule has 1 aromatic carbocycles. The number of urea groups is 1. The third kappa shape index (κ3) is 6.39. The molecule has 0 spiro atoms. The summed E-state index contributed by atoms with van der Waals surface area (Å²) in [4.78, 5) is 41.4. The van der Waals surface area contributed by atoms with Crippen molar-refractivity contribution in [3.63, 3.8) is 0 Å². The molecule has 0 aromatic heterocycles. The van der Waals surface area contributed by atoms with E-state index < -0.39 is 6.04 Å². The van der Waals surface area contributed by atoms with Gasteiger partial charge in [-0.25, -0.2) is 9.18 Å². The van der Waals surface area contributed by atoms with Gasteiger partial charge in [0.05, 0.1) is 6.04 Å². The smallest absolute Gasteiger partial charge is 0.315 e. The van der Waals surface area contributed by atoms with E-state index in [9.17, 15) is 18.8 Å². The van der Waals surface area contributed by atoms with Crippen molar-refractivity contribution in [2.45, 2.75) is 51.0 Å². The van der Waals surface area contributed by atoms with Crippen LogP contribution < -0.4 is 16.0 Å². The van der Waals surface area contributed by atoms with Crippen LogP contribution in [0.25, 0.3) is 0 Å². The molecule has 2 saturated heterocycles. The number of carbonyl (C=O) groups excluding carboxylic acids is 3. The first kappa shape index (κ1) is 23.9. The van der Waals surface area contributed by atoms with Crippen LogP contribution in [0.2, 0.25) is 0 Å². The quantitative estimate of drug-likeness (QED) is 0.561. The Bertz CT molecular complexity index is 819. The van der Waals surface area contributed by atoms with Gasteiger partial charge in [0.2, 0.25) is 11.8 Å². The monoisotopic (exact) mass is 449 g/mol. The van der Waals surface area contributed by atoms with Crippen molar-refractivity contribution >= 4 is 17.8 Å². The highest BCUT2D eigenvalue weighted by Crippen LogP contribution is 2.24. The molecule has 9 nitrogen and oxygen atoms in total. The minimum Gasteiger partial charge on any atom is -0.375 e. The molecule has 1 aromatic rings. The Balaban J connectivity index is 1.74. The molecule has 3 N–H and O–H groups in total. The van der Waals surface area contributed by atoms with Crippen molar-refractivity contribution in [1.82, 2.24) is 25.8 Å². The van der Waals surface area contributed by atoms with Gasteiger partial charge in [0, 0.05) is 45.4 Å². The van der Waals surface area contributed by atoms with E-state index in [0.29, 0.717) is 32.6 Å². The fourth-order valence-electron chi connectivity index (χ4n) is 4.31. The number of ether oxygens (including phenoxy) is 1.